The van der Waals surface area contributed by atoms with Crippen LogP contribution in [0.5, 0.6) is 5.75 Å². The maximum Gasteiger partial charge on any atom is 0.246 e. The van der Waals surface area contributed by atoms with Crippen molar-refractivity contribution in [3.05, 3.63) is 144 Å². The number of hydrogen-bond acceptors (Lipinski definition) is 8. The number of carbonyl (C=O) groups excluding carboxylic acids is 5. The Morgan fingerprint density at radius 1 is 0.857 bits per heavy atom. The van der Waals surface area contributed by atoms with Crippen LogP contribution in [0.3, 0.4) is 0 Å². The molecule has 5 heterocycles. The van der Waals surface area contributed by atoms with Gasteiger partial charge < -0.3 is 24.4 Å². The molecule has 0 saturated carbocycles. The number of aromatic hydroxyl groups is 1. The lowest BCUT2D eigenvalue weighted by Crippen LogP contribution is -2.75. The van der Waals surface area contributed by atoms with E-state index in [0.29, 0.717) is 44.3 Å². The number of ketones is 1. The molecule has 3 aliphatic rings. The molecule has 4 amide bonds. The van der Waals surface area contributed by atoms with Gasteiger partial charge in [0.25, 0.3) is 0 Å². The molecule has 0 unspecified atom stereocenters. The Hall–Kier alpha value is -6.60. The van der Waals surface area contributed by atoms with Crippen molar-refractivity contribution in [2.45, 2.75) is 70.1 Å². The smallest absolute Gasteiger partial charge is 0.246 e. The minimum absolute atomic E-state index is 0.0467. The highest BCUT2D eigenvalue weighted by Gasteiger charge is 2.51. The molecule has 3 aliphatic heterocycles. The van der Waals surface area contributed by atoms with Crippen LogP contribution < -0.4 is 0 Å². The van der Waals surface area contributed by atoms with Gasteiger partial charge in [-0.1, -0.05) is 72.8 Å². The molecule has 1 N–H and O–H groups in total. The number of piperazine rings is 1. The van der Waals surface area contributed by atoms with E-state index in [0.717, 1.165) is 46.0 Å². The van der Waals surface area contributed by atoms with E-state index in [-0.39, 0.29) is 80.1 Å². The number of aromatic nitrogens is 2. The number of piperidine rings is 1. The van der Waals surface area contributed by atoms with E-state index in [1.165, 1.54) is 0 Å². The number of benzene rings is 3. The number of rotatable bonds is 15. The summed E-state index contributed by atoms with van der Waals surface area (Å²) in [5.74, 6) is -0.228. The van der Waals surface area contributed by atoms with E-state index in [1.807, 2.05) is 83.4 Å². The molecule has 63 heavy (non-hydrogen) atoms. The lowest BCUT2D eigenvalue weighted by atomic mass is 9.89. The number of Topliss-reactive ketones (excluding diaryl/α,β-unsaturated/α-hetero) is 1. The highest BCUT2D eigenvalue weighted by molar-refractivity contribution is 6.09. The number of pyridine rings is 1. The number of amides is 4. The molecule has 2 aromatic heterocycles. The molecule has 0 radical (unpaired) electrons. The van der Waals surface area contributed by atoms with Gasteiger partial charge in [-0.15, -0.1) is 6.58 Å². The monoisotopic (exact) mass is 849 g/mol. The summed E-state index contributed by atoms with van der Waals surface area (Å²) in [5.41, 5.74) is 5.13. The SMILES string of the molecule is C=CCN1CC(=O)N2[C@@H](Cc3ccc(O)cc3)C(=O)N(Cc3cccc4c(C(=O)CC5CCN(C(=O)CCc6cccnc6)CC5)cn(C)c34)C[C@@H]2N1C(=O)CCc1ccccc1. The third-order valence-corrected chi connectivity index (χ3v) is 12.8. The van der Waals surface area contributed by atoms with Crippen LogP contribution in [0.1, 0.15) is 64.7 Å². The highest BCUT2D eigenvalue weighted by atomic mass is 16.3. The standard InChI is InChI=1S/C50H55N7O6/c1-3-25-55-34-48(62)56-43(28-36-14-18-40(58)19-15-36)50(63)54(33-45(56)57(55)47(61)21-16-35-9-5-4-6-10-35)31-39-12-7-13-41-42(32-52(2)49(39)41)44(59)29-37-22-26-53(27-23-37)46(60)20-17-38-11-8-24-51-30-38/h3-15,18-19,24,30,32,37,43,45,58H,1,16-17,20-23,25-29,31,33-34H2,2H3/t43-,45-/m0/s1. The van der Waals surface area contributed by atoms with Crippen molar-refractivity contribution in [3.63, 3.8) is 0 Å². The van der Waals surface area contributed by atoms with Gasteiger partial charge in [-0.2, -0.15) is 0 Å². The fraction of sp³-hybridized carbons (Fsp3) is 0.360. The number of carbonyl (C=O) groups is 5. The Balaban J connectivity index is 1.02. The van der Waals surface area contributed by atoms with Crippen LogP contribution in [0.4, 0.5) is 0 Å². The minimum Gasteiger partial charge on any atom is -0.508 e. The Morgan fingerprint density at radius 3 is 2.32 bits per heavy atom. The number of hydrogen-bond donors (Lipinski definition) is 1. The topological polar surface area (TPSA) is 140 Å². The highest BCUT2D eigenvalue weighted by Crippen LogP contribution is 2.33. The number of para-hydroxylation sites is 1. The third-order valence-electron chi connectivity index (χ3n) is 12.8. The second-order valence-corrected chi connectivity index (χ2v) is 17.0. The predicted molar refractivity (Wildman–Crippen MR) is 239 cm³/mol. The van der Waals surface area contributed by atoms with Crippen LogP contribution in [0.25, 0.3) is 10.9 Å². The normalized spacial score (nSPS) is 18.5. The Bertz CT molecular complexity index is 2460. The fourth-order valence-electron chi connectivity index (χ4n) is 9.59. The van der Waals surface area contributed by atoms with Crippen LogP contribution in [0.15, 0.2) is 116 Å². The average molecular weight is 850 g/mol. The Labute approximate surface area is 368 Å². The Kier molecular flexibility index (Phi) is 13.1. The van der Waals surface area contributed by atoms with Crippen LogP contribution >= 0.6 is 0 Å². The van der Waals surface area contributed by atoms with E-state index in [9.17, 15) is 29.1 Å². The van der Waals surface area contributed by atoms with Gasteiger partial charge in [0, 0.05) is 88.5 Å². The van der Waals surface area contributed by atoms with Gasteiger partial charge in [-0.05, 0) is 72.1 Å². The third kappa shape index (κ3) is 9.58. The molecular weight excluding hydrogens is 795 g/mol. The van der Waals surface area contributed by atoms with Crippen molar-refractivity contribution in [2.24, 2.45) is 13.0 Å². The first-order valence-corrected chi connectivity index (χ1v) is 21.9. The first-order valence-electron chi connectivity index (χ1n) is 21.9. The molecule has 13 nitrogen and oxygen atoms in total. The molecule has 3 fully saturated rings. The number of phenols is 1. The van der Waals surface area contributed by atoms with Crippen molar-refractivity contribution in [1.29, 1.82) is 0 Å². The zero-order valence-electron chi connectivity index (χ0n) is 35.8. The van der Waals surface area contributed by atoms with Crippen molar-refractivity contribution in [1.82, 2.24) is 34.3 Å². The minimum atomic E-state index is -0.913. The first-order chi connectivity index (χ1) is 30.6. The number of likely N-dealkylation sites (tertiary alicyclic amines) is 1. The van der Waals surface area contributed by atoms with Gasteiger partial charge in [-0.3, -0.25) is 29.0 Å². The van der Waals surface area contributed by atoms with Gasteiger partial charge >= 0.3 is 0 Å². The van der Waals surface area contributed by atoms with Gasteiger partial charge in [0.2, 0.25) is 23.6 Å². The van der Waals surface area contributed by atoms with Gasteiger partial charge in [0.1, 0.15) is 18.0 Å². The van der Waals surface area contributed by atoms with Crippen molar-refractivity contribution >= 4 is 40.3 Å². The second kappa shape index (κ2) is 19.2. The van der Waals surface area contributed by atoms with E-state index in [4.69, 9.17) is 0 Å². The number of hydrazine groups is 1. The number of nitrogens with zero attached hydrogens (tertiary/aromatic N) is 7. The van der Waals surface area contributed by atoms with E-state index in [2.05, 4.69) is 11.6 Å². The average Bonchev–Trinajstić information content (AvgIpc) is 3.64. The van der Waals surface area contributed by atoms with Crippen molar-refractivity contribution in [2.75, 3.05) is 32.7 Å². The molecule has 3 aromatic carbocycles. The van der Waals surface area contributed by atoms with Crippen LogP contribution in [-0.4, -0.2) is 114 Å². The number of fused-ring (bicyclic) bond motifs is 2. The van der Waals surface area contributed by atoms with Crippen molar-refractivity contribution in [3.8, 4) is 5.75 Å². The summed E-state index contributed by atoms with van der Waals surface area (Å²) in [4.78, 5) is 79.7. The lowest BCUT2D eigenvalue weighted by molar-refractivity contribution is -0.205. The van der Waals surface area contributed by atoms with Gasteiger partial charge in [-0.25, -0.2) is 10.0 Å². The maximum atomic E-state index is 14.8. The summed E-state index contributed by atoms with van der Waals surface area (Å²) in [6, 6.07) is 25.2. The van der Waals surface area contributed by atoms with E-state index < -0.39 is 12.2 Å². The molecule has 0 aliphatic carbocycles. The van der Waals surface area contributed by atoms with E-state index >= 15 is 0 Å². The summed E-state index contributed by atoms with van der Waals surface area (Å²) in [6.45, 7) is 5.63. The van der Waals surface area contributed by atoms with Crippen LogP contribution in [-0.2, 0) is 52.0 Å². The largest absolute Gasteiger partial charge is 0.508 e. The second-order valence-electron chi connectivity index (χ2n) is 17.0. The molecule has 5 aromatic rings. The quantitative estimate of drug-likeness (QED) is 0.105. The molecule has 2 atom stereocenters. The molecule has 326 valence electrons. The maximum absolute atomic E-state index is 14.8. The molecule has 3 saturated heterocycles. The van der Waals surface area contributed by atoms with Gasteiger partial charge in [0.15, 0.2) is 5.78 Å². The van der Waals surface area contributed by atoms with E-state index in [1.54, 1.807) is 62.6 Å². The van der Waals surface area contributed by atoms with Crippen LogP contribution in [0.2, 0.25) is 0 Å². The molecule has 13 heteroatoms. The Morgan fingerprint density at radius 2 is 1.59 bits per heavy atom. The number of aryl methyl sites for hydroxylation is 3. The molecule has 8 rings (SSSR count). The van der Waals surface area contributed by atoms with Crippen LogP contribution in [0, 0.1) is 5.92 Å². The number of phenolic OH excluding ortho intramolecular Hbond substituents is 1. The zero-order chi connectivity index (χ0) is 44.0. The summed E-state index contributed by atoms with van der Waals surface area (Å²) in [5, 5.41) is 14.2. The molecule has 0 spiro atoms. The summed E-state index contributed by atoms with van der Waals surface area (Å²) in [6.07, 6.45) is 10.2. The lowest BCUT2D eigenvalue weighted by Gasteiger charge is -2.55. The summed E-state index contributed by atoms with van der Waals surface area (Å²) >= 11 is 0. The van der Waals surface area contributed by atoms with Gasteiger partial charge in [0.05, 0.1) is 18.6 Å². The predicted octanol–water partition coefficient (Wildman–Crippen LogP) is 5.71. The molecular formula is C50H55N7O6. The first kappa shape index (κ1) is 43.1. The van der Waals surface area contributed by atoms with Crippen molar-refractivity contribution < 1.29 is 29.1 Å². The fourth-order valence-corrected chi connectivity index (χ4v) is 9.59. The molecule has 0 bridgehead atoms. The summed E-state index contributed by atoms with van der Waals surface area (Å²) in [7, 11) is 1.91. The zero-order valence-corrected chi connectivity index (χ0v) is 35.8. The summed E-state index contributed by atoms with van der Waals surface area (Å²) < 4.78 is 1.95.